The fourth-order valence-electron chi connectivity index (χ4n) is 2.08. The summed E-state index contributed by atoms with van der Waals surface area (Å²) in [4.78, 5) is 21.3. The third kappa shape index (κ3) is 20.0. The molecule has 120 valence electrons. The van der Waals surface area contributed by atoms with E-state index in [1.54, 1.807) is 6.08 Å². The van der Waals surface area contributed by atoms with E-state index in [1.807, 2.05) is 0 Å². The third-order valence-electron chi connectivity index (χ3n) is 3.30. The summed E-state index contributed by atoms with van der Waals surface area (Å²) < 4.78 is 0. The van der Waals surface area contributed by atoms with Gasteiger partial charge in [0.15, 0.2) is 0 Å². The predicted molar refractivity (Wildman–Crippen MR) is 82.0 cm³/mol. The summed E-state index contributed by atoms with van der Waals surface area (Å²) in [6.45, 7) is 2.21. The number of carboxylic acids is 2. The first-order valence-electron chi connectivity index (χ1n) is 7.69. The second-order valence-electron chi connectivity index (χ2n) is 5.23. The molecule has 0 spiro atoms. The first-order valence-corrected chi connectivity index (χ1v) is 7.69. The van der Waals surface area contributed by atoms with Crippen LogP contribution in [0.15, 0.2) is 12.2 Å². The molecule has 0 saturated heterocycles. The molecule has 4 nitrogen and oxygen atoms in total. The van der Waals surface area contributed by atoms with Crippen LogP contribution in [0, 0.1) is 5.92 Å². The molecule has 0 rings (SSSR count). The van der Waals surface area contributed by atoms with E-state index < -0.39 is 17.9 Å². The molecule has 0 bridgehead atoms. The molecule has 0 fully saturated rings. The van der Waals surface area contributed by atoms with Gasteiger partial charge < -0.3 is 13.1 Å². The van der Waals surface area contributed by atoms with Gasteiger partial charge in [0.1, 0.15) is 0 Å². The predicted octanol–water partition coefficient (Wildman–Crippen LogP) is -1.52. The summed E-state index contributed by atoms with van der Waals surface area (Å²) in [6, 6.07) is 0. The van der Waals surface area contributed by atoms with E-state index in [1.165, 1.54) is 44.6 Å². The van der Waals surface area contributed by atoms with Crippen molar-refractivity contribution in [2.24, 2.45) is 5.92 Å². The minimum Gasteiger partial charge on any atom is -1.00 e. The van der Waals surface area contributed by atoms with E-state index in [2.05, 4.69) is 6.92 Å². The van der Waals surface area contributed by atoms with Crippen molar-refractivity contribution >= 4 is 11.9 Å². The second kappa shape index (κ2) is 21.0. The Hall–Kier alpha value is 1.95. The molecule has 1 unspecified atom stereocenters. The van der Waals surface area contributed by atoms with Crippen molar-refractivity contribution in [2.45, 2.75) is 71.1 Å². The van der Waals surface area contributed by atoms with Crippen LogP contribution in [0.5, 0.6) is 0 Å². The van der Waals surface area contributed by atoms with Gasteiger partial charge in [-0.15, -0.1) is 0 Å². The maximum absolute atomic E-state index is 10.8. The van der Waals surface area contributed by atoms with Crippen LogP contribution in [0.3, 0.4) is 0 Å². The largest absolute Gasteiger partial charge is 1.00 e. The standard InChI is InChI=1S/C16H28O4.2K.2H/c1-2-3-4-5-6-7-8-9-10-11-12-14(16(19)20)13-15(17)18;;;;/h11-12,14H,2-10,13H2,1H3,(H,17,18)(H,19,20);;;;/q;2*+1;2*-1. The molecule has 0 aromatic heterocycles. The van der Waals surface area contributed by atoms with Crippen molar-refractivity contribution in [1.82, 2.24) is 0 Å². The summed E-state index contributed by atoms with van der Waals surface area (Å²) in [7, 11) is 0. The fraction of sp³-hybridized carbons (Fsp3) is 0.750. The van der Waals surface area contributed by atoms with Gasteiger partial charge in [-0.3, -0.25) is 9.59 Å². The molecular weight excluding hydrogens is 334 g/mol. The van der Waals surface area contributed by atoms with E-state index in [9.17, 15) is 9.59 Å². The Labute approximate surface area is 222 Å². The van der Waals surface area contributed by atoms with Crippen molar-refractivity contribution in [3.8, 4) is 0 Å². The number of aliphatic carboxylic acids is 2. The second-order valence-corrected chi connectivity index (χ2v) is 5.23. The van der Waals surface area contributed by atoms with Gasteiger partial charge in [-0.2, -0.15) is 0 Å². The van der Waals surface area contributed by atoms with Crippen molar-refractivity contribution in [2.75, 3.05) is 0 Å². The summed E-state index contributed by atoms with van der Waals surface area (Å²) in [5.41, 5.74) is 0. The van der Waals surface area contributed by atoms with Crippen molar-refractivity contribution in [3.63, 3.8) is 0 Å². The van der Waals surface area contributed by atoms with Crippen LogP contribution in [0.1, 0.15) is 74.0 Å². The van der Waals surface area contributed by atoms with Gasteiger partial charge >= 0.3 is 115 Å². The number of allylic oxidation sites excluding steroid dienone is 1. The van der Waals surface area contributed by atoms with Gasteiger partial charge in [0.05, 0.1) is 12.3 Å². The van der Waals surface area contributed by atoms with Gasteiger partial charge in [-0.1, -0.05) is 64.0 Å². The first-order chi connectivity index (χ1) is 9.57. The number of hydrogen-bond acceptors (Lipinski definition) is 2. The summed E-state index contributed by atoms with van der Waals surface area (Å²) in [6.07, 6.45) is 13.7. The van der Waals surface area contributed by atoms with Gasteiger partial charge in [-0.05, 0) is 12.8 Å². The van der Waals surface area contributed by atoms with Gasteiger partial charge in [0, 0.05) is 0 Å². The number of carbonyl (C=O) groups is 2. The molecule has 22 heavy (non-hydrogen) atoms. The van der Waals surface area contributed by atoms with E-state index in [0.29, 0.717) is 0 Å². The minimum atomic E-state index is -1.07. The average molecular weight is 365 g/mol. The molecule has 0 aromatic rings. The molecule has 0 radical (unpaired) electrons. The number of rotatable bonds is 13. The smallest absolute Gasteiger partial charge is 1.00 e. The SMILES string of the molecule is CCCCCCCCCCC=CC(CC(=O)O)C(=O)O.[H-].[H-].[K+].[K+]. The topological polar surface area (TPSA) is 74.6 Å². The molecule has 6 heteroatoms. The Morgan fingerprint density at radius 2 is 1.45 bits per heavy atom. The molecule has 0 saturated carbocycles. The zero-order chi connectivity index (χ0) is 15.2. The Morgan fingerprint density at radius 1 is 0.955 bits per heavy atom. The first kappa shape index (κ1) is 28.7. The molecule has 0 amide bonds. The Morgan fingerprint density at radius 3 is 1.91 bits per heavy atom. The van der Waals surface area contributed by atoms with Crippen LogP contribution in [-0.4, -0.2) is 22.2 Å². The summed E-state index contributed by atoms with van der Waals surface area (Å²) in [5.74, 6) is -3.05. The van der Waals surface area contributed by atoms with E-state index in [4.69, 9.17) is 10.2 Å². The van der Waals surface area contributed by atoms with Crippen LogP contribution >= 0.6 is 0 Å². The zero-order valence-electron chi connectivity index (χ0n) is 16.5. The quantitative estimate of drug-likeness (QED) is 0.237. The summed E-state index contributed by atoms with van der Waals surface area (Å²) in [5, 5.41) is 17.4. The zero-order valence-corrected chi connectivity index (χ0v) is 20.8. The molecule has 0 aromatic carbocycles. The minimum absolute atomic E-state index is 0. The van der Waals surface area contributed by atoms with Crippen LogP contribution < -0.4 is 103 Å². The van der Waals surface area contributed by atoms with Crippen LogP contribution in [-0.2, 0) is 9.59 Å². The maximum atomic E-state index is 10.8. The van der Waals surface area contributed by atoms with Crippen molar-refractivity contribution in [3.05, 3.63) is 12.2 Å². The Bertz CT molecular complexity index is 316. The molecule has 1 atom stereocenters. The fourth-order valence-corrected chi connectivity index (χ4v) is 2.08. The van der Waals surface area contributed by atoms with Gasteiger partial charge in [0.25, 0.3) is 0 Å². The molecule has 0 heterocycles. The monoisotopic (exact) mass is 364 g/mol. The summed E-state index contributed by atoms with van der Waals surface area (Å²) >= 11 is 0. The van der Waals surface area contributed by atoms with E-state index in [0.717, 1.165) is 19.3 Å². The number of hydrogen-bond donors (Lipinski definition) is 2. The Balaban J connectivity index is -0.000000301. The van der Waals surface area contributed by atoms with E-state index in [-0.39, 0.29) is 112 Å². The van der Waals surface area contributed by atoms with Crippen molar-refractivity contribution in [1.29, 1.82) is 0 Å². The third-order valence-corrected chi connectivity index (χ3v) is 3.30. The van der Waals surface area contributed by atoms with Crippen molar-refractivity contribution < 1.29 is 125 Å². The normalized spacial score (nSPS) is 11.5. The molecule has 0 aliphatic carbocycles. The van der Waals surface area contributed by atoms with Crippen LogP contribution in [0.4, 0.5) is 0 Å². The van der Waals surface area contributed by atoms with Gasteiger partial charge in [0.2, 0.25) is 0 Å². The maximum Gasteiger partial charge on any atom is 1.00 e. The average Bonchev–Trinajstić information content (AvgIpc) is 2.39. The molecule has 2 N–H and O–H groups in total. The van der Waals surface area contributed by atoms with Gasteiger partial charge in [-0.25, -0.2) is 0 Å². The molecular formula is C16H30K2O4. The number of unbranched alkanes of at least 4 members (excludes halogenated alkanes) is 8. The Kier molecular flexibility index (Phi) is 27.4. The molecule has 0 aliphatic rings. The molecule has 0 aliphatic heterocycles. The van der Waals surface area contributed by atoms with Crippen LogP contribution in [0.2, 0.25) is 0 Å². The van der Waals surface area contributed by atoms with Crippen LogP contribution in [0.25, 0.3) is 0 Å². The number of carboxylic acid groups (broad SMARTS) is 2. The van der Waals surface area contributed by atoms with E-state index >= 15 is 0 Å².